The smallest absolute Gasteiger partial charge is 0.224 e. The van der Waals surface area contributed by atoms with Crippen molar-refractivity contribution in [3.05, 3.63) is 40.0 Å². The maximum absolute atomic E-state index is 6.08. The summed E-state index contributed by atoms with van der Waals surface area (Å²) in [6, 6.07) is 7.38. The van der Waals surface area contributed by atoms with Crippen LogP contribution in [0.25, 0.3) is 0 Å². The normalized spacial score (nSPS) is 14.0. The highest BCUT2D eigenvalue weighted by Crippen LogP contribution is 2.40. The van der Waals surface area contributed by atoms with Crippen LogP contribution in [0.4, 0.5) is 17.5 Å². The zero-order chi connectivity index (χ0) is 17.8. The molecule has 134 valence electrons. The van der Waals surface area contributed by atoms with Crippen molar-refractivity contribution in [1.29, 1.82) is 0 Å². The third kappa shape index (κ3) is 5.73. The van der Waals surface area contributed by atoms with Crippen LogP contribution in [0.2, 0.25) is 10.0 Å². The number of nitrogens with zero attached hydrogens (tertiary/aromatic N) is 3. The van der Waals surface area contributed by atoms with Gasteiger partial charge in [0.15, 0.2) is 0 Å². The van der Waals surface area contributed by atoms with Gasteiger partial charge in [-0.25, -0.2) is 4.98 Å². The van der Waals surface area contributed by atoms with E-state index in [9.17, 15) is 0 Å². The third-order valence-electron chi connectivity index (χ3n) is 3.94. The number of aromatic nitrogens is 2. The molecule has 0 aliphatic heterocycles. The van der Waals surface area contributed by atoms with Gasteiger partial charge in [0.2, 0.25) is 5.95 Å². The quantitative estimate of drug-likeness (QED) is 0.647. The Bertz CT molecular complexity index is 711. The molecule has 0 amide bonds. The number of halogens is 2. The third-order valence-corrected chi connectivity index (χ3v) is 4.38. The molecule has 7 heteroatoms. The fraction of sp³-hybridized carbons (Fsp3) is 0.444. The molecule has 1 aromatic carbocycles. The highest BCUT2D eigenvalue weighted by atomic mass is 35.5. The van der Waals surface area contributed by atoms with Gasteiger partial charge in [-0.05, 0) is 58.1 Å². The molecule has 25 heavy (non-hydrogen) atoms. The maximum Gasteiger partial charge on any atom is 0.224 e. The Morgan fingerprint density at radius 3 is 2.44 bits per heavy atom. The molecule has 0 radical (unpaired) electrons. The second-order valence-electron chi connectivity index (χ2n) is 6.64. The Morgan fingerprint density at radius 2 is 1.80 bits per heavy atom. The lowest BCUT2D eigenvalue weighted by molar-refractivity contribution is 0.405. The molecule has 3 rings (SSSR count). The molecule has 0 spiro atoms. The minimum atomic E-state index is 0.550. The van der Waals surface area contributed by atoms with Crippen LogP contribution in [0.1, 0.15) is 30.9 Å². The van der Waals surface area contributed by atoms with Crippen LogP contribution in [0.3, 0.4) is 0 Å². The van der Waals surface area contributed by atoms with Crippen molar-refractivity contribution in [2.75, 3.05) is 37.8 Å². The second kappa shape index (κ2) is 8.21. The van der Waals surface area contributed by atoms with E-state index in [1.807, 2.05) is 18.2 Å². The van der Waals surface area contributed by atoms with Crippen LogP contribution < -0.4 is 10.6 Å². The fourth-order valence-corrected chi connectivity index (χ4v) is 3.09. The topological polar surface area (TPSA) is 53.1 Å². The molecule has 1 aliphatic carbocycles. The van der Waals surface area contributed by atoms with Crippen LogP contribution in [0.15, 0.2) is 24.3 Å². The largest absolute Gasteiger partial charge is 0.354 e. The minimum Gasteiger partial charge on any atom is -0.354 e. The van der Waals surface area contributed by atoms with Crippen LogP contribution in [-0.4, -0.2) is 42.1 Å². The molecule has 0 bridgehead atoms. The first kappa shape index (κ1) is 18.2. The van der Waals surface area contributed by atoms with Crippen molar-refractivity contribution in [2.24, 2.45) is 0 Å². The Labute approximate surface area is 158 Å². The average Bonchev–Trinajstić information content (AvgIpc) is 3.35. The second-order valence-corrected chi connectivity index (χ2v) is 7.52. The number of benzene rings is 1. The molecule has 0 saturated heterocycles. The Morgan fingerprint density at radius 1 is 1.08 bits per heavy atom. The summed E-state index contributed by atoms with van der Waals surface area (Å²) in [5.41, 5.74) is 1.90. The van der Waals surface area contributed by atoms with Crippen LogP contribution in [-0.2, 0) is 0 Å². The van der Waals surface area contributed by atoms with E-state index in [1.165, 1.54) is 12.8 Å². The molecular weight excluding hydrogens is 357 g/mol. The highest BCUT2D eigenvalue weighted by Gasteiger charge is 2.26. The monoisotopic (exact) mass is 379 g/mol. The molecule has 2 aromatic rings. The van der Waals surface area contributed by atoms with Gasteiger partial charge < -0.3 is 15.5 Å². The summed E-state index contributed by atoms with van der Waals surface area (Å²) in [6.45, 7) is 1.87. The molecule has 5 nitrogen and oxygen atoms in total. The van der Waals surface area contributed by atoms with Gasteiger partial charge in [0.05, 0.1) is 5.69 Å². The van der Waals surface area contributed by atoms with Gasteiger partial charge in [-0.1, -0.05) is 23.2 Å². The molecule has 1 saturated carbocycles. The maximum atomic E-state index is 6.08. The van der Waals surface area contributed by atoms with Crippen molar-refractivity contribution in [2.45, 2.75) is 25.2 Å². The lowest BCUT2D eigenvalue weighted by atomic mass is 10.2. The van der Waals surface area contributed by atoms with E-state index < -0.39 is 0 Å². The van der Waals surface area contributed by atoms with E-state index >= 15 is 0 Å². The summed E-state index contributed by atoms with van der Waals surface area (Å²) in [6.07, 6.45) is 3.43. The molecule has 0 unspecified atom stereocenters. The van der Waals surface area contributed by atoms with Gasteiger partial charge in [-0.2, -0.15) is 4.98 Å². The summed E-state index contributed by atoms with van der Waals surface area (Å²) in [5.74, 6) is 1.97. The Kier molecular flexibility index (Phi) is 5.99. The van der Waals surface area contributed by atoms with Crippen LogP contribution in [0.5, 0.6) is 0 Å². The van der Waals surface area contributed by atoms with Crippen LogP contribution in [0, 0.1) is 0 Å². The summed E-state index contributed by atoms with van der Waals surface area (Å²) in [5, 5.41) is 7.80. The number of nitrogens with one attached hydrogen (secondary N) is 2. The first-order valence-corrected chi connectivity index (χ1v) is 9.26. The van der Waals surface area contributed by atoms with E-state index in [0.29, 0.717) is 21.9 Å². The fourth-order valence-electron chi connectivity index (χ4n) is 2.57. The summed E-state index contributed by atoms with van der Waals surface area (Å²) in [7, 11) is 4.14. The predicted molar refractivity (Wildman–Crippen MR) is 105 cm³/mol. The van der Waals surface area contributed by atoms with E-state index in [0.717, 1.165) is 36.7 Å². The van der Waals surface area contributed by atoms with E-state index in [-0.39, 0.29) is 0 Å². The first-order chi connectivity index (χ1) is 12.0. The molecular formula is C18H23Cl2N5. The van der Waals surface area contributed by atoms with Gasteiger partial charge in [0, 0.05) is 34.3 Å². The van der Waals surface area contributed by atoms with E-state index in [1.54, 1.807) is 6.07 Å². The highest BCUT2D eigenvalue weighted by molar-refractivity contribution is 6.35. The van der Waals surface area contributed by atoms with Crippen molar-refractivity contribution < 1.29 is 0 Å². The zero-order valence-electron chi connectivity index (χ0n) is 14.5. The molecule has 2 N–H and O–H groups in total. The SMILES string of the molecule is CN(C)CCCNc1nc(Nc2cc(Cl)cc(Cl)c2)cc(C2CC2)n1. The van der Waals surface area contributed by atoms with Gasteiger partial charge in [0.1, 0.15) is 5.82 Å². The lowest BCUT2D eigenvalue weighted by Crippen LogP contribution is -2.17. The lowest BCUT2D eigenvalue weighted by Gasteiger charge is -2.13. The van der Waals surface area contributed by atoms with Crippen LogP contribution >= 0.6 is 23.2 Å². The molecule has 1 heterocycles. The summed E-state index contributed by atoms with van der Waals surface area (Å²) < 4.78 is 0. The molecule has 1 aliphatic rings. The Balaban J connectivity index is 1.73. The van der Waals surface area contributed by atoms with Gasteiger partial charge >= 0.3 is 0 Å². The predicted octanol–water partition coefficient (Wildman–Crippen LogP) is 4.77. The van der Waals surface area contributed by atoms with Crippen molar-refractivity contribution in [3.8, 4) is 0 Å². The van der Waals surface area contributed by atoms with E-state index in [2.05, 4.69) is 39.6 Å². The van der Waals surface area contributed by atoms with E-state index in [4.69, 9.17) is 23.2 Å². The summed E-state index contributed by atoms with van der Waals surface area (Å²) >= 11 is 12.2. The van der Waals surface area contributed by atoms with Gasteiger partial charge in [-0.15, -0.1) is 0 Å². The Hall–Kier alpha value is -1.56. The molecule has 0 atom stereocenters. The van der Waals surface area contributed by atoms with Crippen molar-refractivity contribution in [1.82, 2.24) is 14.9 Å². The number of hydrogen-bond acceptors (Lipinski definition) is 5. The average molecular weight is 380 g/mol. The van der Waals surface area contributed by atoms with Crippen molar-refractivity contribution in [3.63, 3.8) is 0 Å². The number of hydrogen-bond donors (Lipinski definition) is 2. The van der Waals surface area contributed by atoms with Crippen molar-refractivity contribution >= 4 is 40.7 Å². The zero-order valence-corrected chi connectivity index (χ0v) is 16.0. The summed E-state index contributed by atoms with van der Waals surface area (Å²) in [4.78, 5) is 11.4. The standard InChI is InChI=1S/C18H23Cl2N5/c1-25(2)7-3-6-21-18-23-16(12-4-5-12)11-17(24-18)22-15-9-13(19)8-14(20)10-15/h8-12H,3-7H2,1-2H3,(H2,21,22,23,24). The van der Waals surface area contributed by atoms with Gasteiger partial charge in [-0.3, -0.25) is 0 Å². The number of anilines is 3. The molecule has 1 aromatic heterocycles. The minimum absolute atomic E-state index is 0.550. The first-order valence-electron chi connectivity index (χ1n) is 8.50. The molecule has 1 fully saturated rings. The number of rotatable bonds is 8. The van der Waals surface area contributed by atoms with Gasteiger partial charge in [0.25, 0.3) is 0 Å².